The molecule has 0 saturated carbocycles. The van der Waals surface area contributed by atoms with E-state index in [1.807, 2.05) is 0 Å². The fourth-order valence-corrected chi connectivity index (χ4v) is 1.37. The lowest BCUT2D eigenvalue weighted by atomic mass is 10.0. The van der Waals surface area contributed by atoms with Crippen LogP contribution in [0.25, 0.3) is 6.08 Å². The van der Waals surface area contributed by atoms with Crippen molar-refractivity contribution in [1.29, 1.82) is 0 Å². The van der Waals surface area contributed by atoms with Gasteiger partial charge in [-0.2, -0.15) is 0 Å². The van der Waals surface area contributed by atoms with E-state index in [2.05, 4.69) is 5.32 Å². The van der Waals surface area contributed by atoms with Gasteiger partial charge in [0.2, 0.25) is 5.91 Å². The van der Waals surface area contributed by atoms with Crippen LogP contribution in [0.4, 0.5) is 0 Å². The molecule has 0 aliphatic carbocycles. The molecule has 6 nitrogen and oxygen atoms in total. The first-order chi connectivity index (χ1) is 9.22. The van der Waals surface area contributed by atoms with E-state index in [9.17, 15) is 14.4 Å². The molecular formula is C14H16N2O4. The number of primary amides is 1. The zero-order valence-electron chi connectivity index (χ0n) is 11.2. The topological polar surface area (TPSA) is 109 Å². The summed E-state index contributed by atoms with van der Waals surface area (Å²) >= 11 is 0. The van der Waals surface area contributed by atoms with Gasteiger partial charge in [0.05, 0.1) is 0 Å². The summed E-state index contributed by atoms with van der Waals surface area (Å²) < 4.78 is 0. The maximum Gasteiger partial charge on any atom is 0.328 e. The number of carbonyl (C=O) groups excluding carboxylic acids is 2. The maximum atomic E-state index is 12.0. The predicted molar refractivity (Wildman–Crippen MR) is 73.9 cm³/mol. The number of nitrogens with two attached hydrogens (primary N) is 1. The SMILES string of the molecule is CC(C)(NC(=O)c1cccc(C=CC(=O)O)c1)C(N)=O. The van der Waals surface area contributed by atoms with Crippen LogP contribution >= 0.6 is 0 Å². The Balaban J connectivity index is 2.92. The third-order valence-electron chi connectivity index (χ3n) is 2.61. The average Bonchev–Trinajstić information content (AvgIpc) is 2.36. The summed E-state index contributed by atoms with van der Waals surface area (Å²) in [5, 5.41) is 11.1. The smallest absolute Gasteiger partial charge is 0.328 e. The first-order valence-electron chi connectivity index (χ1n) is 5.86. The van der Waals surface area contributed by atoms with E-state index >= 15 is 0 Å². The fraction of sp³-hybridized carbons (Fsp3) is 0.214. The molecule has 0 saturated heterocycles. The molecule has 0 heterocycles. The number of aliphatic carboxylic acids is 1. The van der Waals surface area contributed by atoms with Crippen molar-refractivity contribution in [3.63, 3.8) is 0 Å². The zero-order valence-corrected chi connectivity index (χ0v) is 11.2. The molecule has 0 radical (unpaired) electrons. The lowest BCUT2D eigenvalue weighted by Gasteiger charge is -2.22. The van der Waals surface area contributed by atoms with Crippen molar-refractivity contribution in [2.24, 2.45) is 5.73 Å². The highest BCUT2D eigenvalue weighted by molar-refractivity contribution is 5.99. The minimum Gasteiger partial charge on any atom is -0.478 e. The summed E-state index contributed by atoms with van der Waals surface area (Å²) in [6.45, 7) is 3.00. The van der Waals surface area contributed by atoms with Gasteiger partial charge in [-0.3, -0.25) is 9.59 Å². The van der Waals surface area contributed by atoms with E-state index in [1.165, 1.54) is 26.0 Å². The first kappa shape index (κ1) is 15.4. The molecule has 0 bridgehead atoms. The van der Waals surface area contributed by atoms with Gasteiger partial charge in [0.1, 0.15) is 5.54 Å². The van der Waals surface area contributed by atoms with Crippen LogP contribution in [0.5, 0.6) is 0 Å². The minimum absolute atomic E-state index is 0.312. The van der Waals surface area contributed by atoms with Gasteiger partial charge in [-0.1, -0.05) is 12.1 Å². The Labute approximate surface area is 116 Å². The monoisotopic (exact) mass is 276 g/mol. The van der Waals surface area contributed by atoms with E-state index in [1.54, 1.807) is 18.2 Å². The van der Waals surface area contributed by atoms with Gasteiger partial charge in [0.15, 0.2) is 0 Å². The highest BCUT2D eigenvalue weighted by Crippen LogP contribution is 2.09. The van der Waals surface area contributed by atoms with Crippen molar-refractivity contribution < 1.29 is 19.5 Å². The van der Waals surface area contributed by atoms with E-state index in [0.29, 0.717) is 11.1 Å². The second kappa shape index (κ2) is 6.01. The van der Waals surface area contributed by atoms with Crippen LogP contribution < -0.4 is 11.1 Å². The Morgan fingerprint density at radius 1 is 1.30 bits per heavy atom. The molecule has 0 spiro atoms. The number of benzene rings is 1. The van der Waals surface area contributed by atoms with Crippen LogP contribution in [-0.4, -0.2) is 28.4 Å². The Morgan fingerprint density at radius 2 is 1.95 bits per heavy atom. The first-order valence-corrected chi connectivity index (χ1v) is 5.86. The van der Waals surface area contributed by atoms with Crippen LogP contribution in [-0.2, 0) is 9.59 Å². The quantitative estimate of drug-likeness (QED) is 0.690. The molecule has 0 unspecified atom stereocenters. The summed E-state index contributed by atoms with van der Waals surface area (Å²) in [5.74, 6) is -2.18. The number of carboxylic acid groups (broad SMARTS) is 1. The average molecular weight is 276 g/mol. The normalized spacial score (nSPS) is 11.3. The van der Waals surface area contributed by atoms with Gasteiger partial charge in [-0.25, -0.2) is 4.79 Å². The summed E-state index contributed by atoms with van der Waals surface area (Å²) in [7, 11) is 0. The molecule has 1 aromatic rings. The van der Waals surface area contributed by atoms with Crippen molar-refractivity contribution >= 4 is 23.9 Å². The number of rotatable bonds is 5. The summed E-state index contributed by atoms with van der Waals surface area (Å²) in [6, 6.07) is 6.36. The van der Waals surface area contributed by atoms with Crippen LogP contribution in [0.2, 0.25) is 0 Å². The molecule has 0 fully saturated rings. The lowest BCUT2D eigenvalue weighted by Crippen LogP contribution is -2.53. The second-order valence-corrected chi connectivity index (χ2v) is 4.74. The Kier molecular flexibility index (Phi) is 4.63. The molecule has 0 aliphatic heterocycles. The molecule has 6 heteroatoms. The van der Waals surface area contributed by atoms with E-state index in [0.717, 1.165) is 6.08 Å². The number of carboxylic acids is 1. The number of hydrogen-bond donors (Lipinski definition) is 3. The third-order valence-corrected chi connectivity index (χ3v) is 2.61. The summed E-state index contributed by atoms with van der Waals surface area (Å²) in [6.07, 6.45) is 2.35. The molecule has 4 N–H and O–H groups in total. The van der Waals surface area contributed by atoms with Gasteiger partial charge in [-0.05, 0) is 37.6 Å². The molecule has 0 aliphatic rings. The Morgan fingerprint density at radius 3 is 2.50 bits per heavy atom. The van der Waals surface area contributed by atoms with E-state index < -0.39 is 23.3 Å². The van der Waals surface area contributed by atoms with Crippen molar-refractivity contribution in [3.8, 4) is 0 Å². The summed E-state index contributed by atoms with van der Waals surface area (Å²) in [5.41, 5.74) is 4.89. The van der Waals surface area contributed by atoms with Crippen molar-refractivity contribution in [3.05, 3.63) is 41.5 Å². The highest BCUT2D eigenvalue weighted by atomic mass is 16.4. The Hall–Kier alpha value is -2.63. The molecule has 20 heavy (non-hydrogen) atoms. The van der Waals surface area contributed by atoms with Crippen molar-refractivity contribution in [2.45, 2.75) is 19.4 Å². The number of hydrogen-bond acceptors (Lipinski definition) is 3. The second-order valence-electron chi connectivity index (χ2n) is 4.74. The van der Waals surface area contributed by atoms with Crippen molar-refractivity contribution in [2.75, 3.05) is 0 Å². The largest absolute Gasteiger partial charge is 0.478 e. The van der Waals surface area contributed by atoms with Crippen molar-refractivity contribution in [1.82, 2.24) is 5.32 Å². The molecular weight excluding hydrogens is 260 g/mol. The molecule has 2 amide bonds. The van der Waals surface area contributed by atoms with Crippen LogP contribution in [0, 0.1) is 0 Å². The lowest BCUT2D eigenvalue weighted by molar-refractivity contribution is -0.131. The molecule has 0 aromatic heterocycles. The zero-order chi connectivity index (χ0) is 15.3. The van der Waals surface area contributed by atoms with Crippen LogP contribution in [0.3, 0.4) is 0 Å². The van der Waals surface area contributed by atoms with Gasteiger partial charge >= 0.3 is 5.97 Å². The number of carbonyl (C=O) groups is 3. The Bertz CT molecular complexity index is 576. The van der Waals surface area contributed by atoms with Gasteiger partial charge in [0, 0.05) is 11.6 Å². The standard InChI is InChI=1S/C14H16N2O4/c1-14(2,13(15)20)16-12(19)10-5-3-4-9(8-10)6-7-11(17)18/h3-8H,1-2H3,(H2,15,20)(H,16,19)(H,17,18). The number of nitrogens with one attached hydrogen (secondary N) is 1. The van der Waals surface area contributed by atoms with Gasteiger partial charge in [0.25, 0.3) is 5.91 Å². The van der Waals surface area contributed by atoms with E-state index in [-0.39, 0.29) is 0 Å². The summed E-state index contributed by atoms with van der Waals surface area (Å²) in [4.78, 5) is 33.6. The molecule has 1 aromatic carbocycles. The van der Waals surface area contributed by atoms with Crippen LogP contribution in [0.15, 0.2) is 30.3 Å². The third kappa shape index (κ3) is 4.24. The van der Waals surface area contributed by atoms with Gasteiger partial charge in [-0.15, -0.1) is 0 Å². The predicted octanol–water partition coefficient (Wildman–Crippen LogP) is 0.778. The van der Waals surface area contributed by atoms with E-state index in [4.69, 9.17) is 10.8 Å². The molecule has 106 valence electrons. The molecule has 0 atom stereocenters. The highest BCUT2D eigenvalue weighted by Gasteiger charge is 2.27. The minimum atomic E-state index is -1.16. The molecule has 1 rings (SSSR count). The number of amides is 2. The fourth-order valence-electron chi connectivity index (χ4n) is 1.37. The maximum absolute atomic E-state index is 12.0. The van der Waals surface area contributed by atoms with Crippen LogP contribution in [0.1, 0.15) is 29.8 Å². The van der Waals surface area contributed by atoms with Gasteiger partial charge < -0.3 is 16.2 Å².